The Morgan fingerprint density at radius 3 is 3.00 bits per heavy atom. The van der Waals surface area contributed by atoms with E-state index in [0.29, 0.717) is 0 Å². The van der Waals surface area contributed by atoms with Crippen LogP contribution in [0.15, 0.2) is 23.0 Å². The van der Waals surface area contributed by atoms with E-state index in [1.165, 1.54) is 12.8 Å². The number of rotatable bonds is 3. The fourth-order valence-electron chi connectivity index (χ4n) is 2.98. The van der Waals surface area contributed by atoms with Gasteiger partial charge in [-0.15, -0.1) is 0 Å². The first-order valence-electron chi connectivity index (χ1n) is 7.57. The van der Waals surface area contributed by atoms with Gasteiger partial charge in [0.05, 0.1) is 6.20 Å². The topological polar surface area (TPSA) is 92.5 Å². The van der Waals surface area contributed by atoms with Gasteiger partial charge in [-0.1, -0.05) is 12.8 Å². The van der Waals surface area contributed by atoms with Crippen LogP contribution in [0, 0.1) is 0 Å². The summed E-state index contributed by atoms with van der Waals surface area (Å²) >= 11 is 1.64. The molecule has 0 amide bonds. The number of aromatic amines is 1. The average molecular weight is 314 g/mol. The van der Waals surface area contributed by atoms with Crippen molar-refractivity contribution in [3.8, 4) is 11.4 Å². The van der Waals surface area contributed by atoms with Crippen molar-refractivity contribution in [3.05, 3.63) is 23.0 Å². The van der Waals surface area contributed by atoms with Crippen molar-refractivity contribution < 1.29 is 0 Å². The number of hydrogen-bond acceptors (Lipinski definition) is 6. The van der Waals surface area contributed by atoms with E-state index in [4.69, 9.17) is 10.7 Å². The maximum Gasteiger partial charge on any atom is 0.163 e. The lowest BCUT2D eigenvalue weighted by molar-refractivity contribution is 0.403. The van der Waals surface area contributed by atoms with Gasteiger partial charge in [-0.2, -0.15) is 16.4 Å². The van der Waals surface area contributed by atoms with E-state index in [2.05, 4.69) is 25.9 Å². The van der Waals surface area contributed by atoms with E-state index in [1.807, 2.05) is 11.4 Å². The highest BCUT2D eigenvalue weighted by Gasteiger charge is 2.23. The van der Waals surface area contributed by atoms with Crippen molar-refractivity contribution in [2.24, 2.45) is 5.73 Å². The van der Waals surface area contributed by atoms with Gasteiger partial charge in [0.25, 0.3) is 0 Å². The smallest absolute Gasteiger partial charge is 0.163 e. The van der Waals surface area contributed by atoms with Crippen LogP contribution < -0.4 is 11.1 Å². The number of nitrogens with two attached hydrogens (primary N) is 1. The van der Waals surface area contributed by atoms with Gasteiger partial charge >= 0.3 is 0 Å². The number of H-pyrrole nitrogens is 1. The van der Waals surface area contributed by atoms with Crippen LogP contribution in [0.5, 0.6) is 0 Å². The molecule has 0 bridgehead atoms. The molecule has 4 rings (SSSR count). The van der Waals surface area contributed by atoms with Crippen molar-refractivity contribution >= 4 is 28.2 Å². The lowest BCUT2D eigenvalue weighted by atomic mass is 9.91. The second kappa shape index (κ2) is 5.66. The zero-order chi connectivity index (χ0) is 14.9. The number of aromatic nitrogens is 4. The molecule has 3 aromatic rings. The Labute approximate surface area is 132 Å². The molecule has 3 aromatic heterocycles. The van der Waals surface area contributed by atoms with E-state index in [0.717, 1.165) is 41.1 Å². The van der Waals surface area contributed by atoms with Crippen LogP contribution in [-0.4, -0.2) is 32.2 Å². The molecule has 0 saturated heterocycles. The molecule has 2 atom stereocenters. The van der Waals surface area contributed by atoms with Gasteiger partial charge < -0.3 is 11.1 Å². The van der Waals surface area contributed by atoms with Crippen molar-refractivity contribution in [3.63, 3.8) is 0 Å². The predicted molar refractivity (Wildman–Crippen MR) is 88.9 cm³/mol. The monoisotopic (exact) mass is 314 g/mol. The molecule has 1 saturated carbocycles. The third kappa shape index (κ3) is 2.46. The first-order valence-corrected chi connectivity index (χ1v) is 8.51. The summed E-state index contributed by atoms with van der Waals surface area (Å²) in [5.41, 5.74) is 8.95. The highest BCUT2D eigenvalue weighted by Crippen LogP contribution is 2.27. The Morgan fingerprint density at radius 1 is 1.27 bits per heavy atom. The van der Waals surface area contributed by atoms with Gasteiger partial charge in [0.15, 0.2) is 11.6 Å². The molecule has 0 aromatic carbocycles. The number of nitrogens with one attached hydrogen (secondary N) is 2. The second-order valence-electron chi connectivity index (χ2n) is 5.74. The third-order valence-electron chi connectivity index (χ3n) is 4.22. The first kappa shape index (κ1) is 13.7. The molecule has 0 radical (unpaired) electrons. The SMILES string of the molecule is N[C@@H]1CCCC[C@H]1Nc1nc(-c2ccsc2)nc2cn[nH]c12. The highest BCUT2D eigenvalue weighted by atomic mass is 32.1. The van der Waals surface area contributed by atoms with Crippen molar-refractivity contribution in [1.82, 2.24) is 20.2 Å². The normalized spacial score (nSPS) is 22.0. The predicted octanol–water partition coefficient (Wildman–Crippen LogP) is 2.76. The molecule has 1 fully saturated rings. The van der Waals surface area contributed by atoms with E-state index < -0.39 is 0 Å². The van der Waals surface area contributed by atoms with Crippen LogP contribution >= 0.6 is 11.3 Å². The zero-order valence-corrected chi connectivity index (χ0v) is 12.9. The maximum absolute atomic E-state index is 6.25. The van der Waals surface area contributed by atoms with E-state index in [9.17, 15) is 0 Å². The van der Waals surface area contributed by atoms with Gasteiger partial charge in [-0.3, -0.25) is 5.10 Å². The summed E-state index contributed by atoms with van der Waals surface area (Å²) < 4.78 is 0. The molecule has 1 aliphatic rings. The summed E-state index contributed by atoms with van der Waals surface area (Å²) in [5, 5.41) is 14.7. The lowest BCUT2D eigenvalue weighted by Gasteiger charge is -2.29. The number of anilines is 1. The molecule has 4 N–H and O–H groups in total. The molecule has 7 heteroatoms. The Bertz CT molecular complexity index is 766. The van der Waals surface area contributed by atoms with Crippen LogP contribution in [0.25, 0.3) is 22.4 Å². The molecular formula is C15H18N6S. The number of nitrogens with zero attached hydrogens (tertiary/aromatic N) is 3. The number of hydrogen-bond donors (Lipinski definition) is 3. The average Bonchev–Trinajstić information content (AvgIpc) is 3.20. The summed E-state index contributed by atoms with van der Waals surface area (Å²) in [4.78, 5) is 9.28. The minimum Gasteiger partial charge on any atom is -0.364 e. The molecule has 0 spiro atoms. The first-order chi connectivity index (χ1) is 10.8. The second-order valence-corrected chi connectivity index (χ2v) is 6.52. The molecule has 114 valence electrons. The summed E-state index contributed by atoms with van der Waals surface area (Å²) in [6.07, 6.45) is 6.29. The molecule has 22 heavy (non-hydrogen) atoms. The Balaban J connectivity index is 1.73. The minimum absolute atomic E-state index is 0.172. The van der Waals surface area contributed by atoms with Gasteiger partial charge in [-0.25, -0.2) is 9.97 Å². The largest absolute Gasteiger partial charge is 0.364 e. The minimum atomic E-state index is 0.172. The molecule has 0 aliphatic heterocycles. The molecule has 6 nitrogen and oxygen atoms in total. The summed E-state index contributed by atoms with van der Waals surface area (Å²) in [6.45, 7) is 0. The van der Waals surface area contributed by atoms with Crippen LogP contribution in [0.4, 0.5) is 5.82 Å². The Kier molecular flexibility index (Phi) is 3.51. The summed E-state index contributed by atoms with van der Waals surface area (Å²) in [5.74, 6) is 1.52. The summed E-state index contributed by atoms with van der Waals surface area (Å²) in [7, 11) is 0. The summed E-state index contributed by atoms with van der Waals surface area (Å²) in [6, 6.07) is 2.46. The zero-order valence-electron chi connectivity index (χ0n) is 12.1. The quantitative estimate of drug-likeness (QED) is 0.691. The standard InChI is InChI=1S/C15H18N6S/c16-10-3-1-2-4-11(10)18-15-13-12(7-17-21-13)19-14(20-15)9-5-6-22-8-9/h5-8,10-11H,1-4,16H2,(H,17,21)(H,18,19,20)/t10-,11-/m1/s1. The molecule has 1 aliphatic carbocycles. The van der Waals surface area contributed by atoms with Gasteiger partial charge in [-0.05, 0) is 24.3 Å². The number of fused-ring (bicyclic) bond motifs is 1. The highest BCUT2D eigenvalue weighted by molar-refractivity contribution is 7.08. The Morgan fingerprint density at radius 2 is 2.18 bits per heavy atom. The fourth-order valence-corrected chi connectivity index (χ4v) is 3.61. The van der Waals surface area contributed by atoms with Gasteiger partial charge in [0, 0.05) is 23.0 Å². The van der Waals surface area contributed by atoms with E-state index in [1.54, 1.807) is 17.5 Å². The maximum atomic E-state index is 6.25. The van der Waals surface area contributed by atoms with Gasteiger partial charge in [0.1, 0.15) is 11.0 Å². The fraction of sp³-hybridized carbons (Fsp3) is 0.400. The van der Waals surface area contributed by atoms with E-state index in [-0.39, 0.29) is 12.1 Å². The number of thiophene rings is 1. The van der Waals surface area contributed by atoms with Crippen LogP contribution in [0.3, 0.4) is 0 Å². The molecule has 3 heterocycles. The van der Waals surface area contributed by atoms with Crippen LogP contribution in [-0.2, 0) is 0 Å². The Hall–Kier alpha value is -1.99. The lowest BCUT2D eigenvalue weighted by Crippen LogP contribution is -2.42. The van der Waals surface area contributed by atoms with Crippen molar-refractivity contribution in [2.75, 3.05) is 5.32 Å². The van der Waals surface area contributed by atoms with Gasteiger partial charge in [0.2, 0.25) is 0 Å². The van der Waals surface area contributed by atoms with Crippen LogP contribution in [0.2, 0.25) is 0 Å². The molecule has 0 unspecified atom stereocenters. The van der Waals surface area contributed by atoms with Crippen molar-refractivity contribution in [2.45, 2.75) is 37.8 Å². The van der Waals surface area contributed by atoms with Crippen LogP contribution in [0.1, 0.15) is 25.7 Å². The molecular weight excluding hydrogens is 296 g/mol. The third-order valence-corrected chi connectivity index (χ3v) is 4.90. The van der Waals surface area contributed by atoms with E-state index >= 15 is 0 Å². The van der Waals surface area contributed by atoms with Crippen molar-refractivity contribution in [1.29, 1.82) is 0 Å².